The number of piperidine rings is 1. The van der Waals surface area contributed by atoms with E-state index in [0.29, 0.717) is 12.8 Å². The Morgan fingerprint density at radius 2 is 2.30 bits per heavy atom. The van der Waals surface area contributed by atoms with E-state index >= 15 is 0 Å². The minimum Gasteiger partial charge on any atom is -0.480 e. The second-order valence-electron chi connectivity index (χ2n) is 4.80. The lowest BCUT2D eigenvalue weighted by Gasteiger charge is -2.34. The summed E-state index contributed by atoms with van der Waals surface area (Å²) in [6, 6.07) is 2.78. The topological polar surface area (TPSA) is 77.9 Å². The van der Waals surface area contributed by atoms with E-state index in [2.05, 4.69) is 0 Å². The van der Waals surface area contributed by atoms with Gasteiger partial charge in [0.2, 0.25) is 0 Å². The van der Waals surface area contributed by atoms with Gasteiger partial charge in [0.15, 0.2) is 0 Å². The van der Waals surface area contributed by atoms with Crippen LogP contribution >= 0.6 is 11.3 Å². The molecule has 1 fully saturated rings. The molecule has 0 radical (unpaired) electrons. The molecule has 0 aliphatic carbocycles. The highest BCUT2D eigenvalue weighted by Crippen LogP contribution is 2.23. The van der Waals surface area contributed by atoms with Crippen LogP contribution in [0.15, 0.2) is 17.5 Å². The van der Waals surface area contributed by atoms with E-state index in [9.17, 15) is 18.3 Å². The predicted octanol–water partition coefficient (Wildman–Crippen LogP) is 1.36. The van der Waals surface area contributed by atoms with Crippen LogP contribution < -0.4 is 0 Å². The molecule has 1 aliphatic heterocycles. The summed E-state index contributed by atoms with van der Waals surface area (Å²) in [7, 11) is -2.25. The first-order valence-corrected chi connectivity index (χ1v) is 8.69. The number of aliphatic carboxylic acids is 1. The van der Waals surface area contributed by atoms with Crippen molar-refractivity contribution in [2.24, 2.45) is 0 Å². The molecule has 0 aromatic carbocycles. The van der Waals surface area contributed by atoms with Crippen LogP contribution in [0.1, 0.15) is 24.1 Å². The van der Waals surface area contributed by atoms with E-state index in [1.807, 2.05) is 17.5 Å². The highest BCUT2D eigenvalue weighted by atomic mass is 32.2. The summed E-state index contributed by atoms with van der Waals surface area (Å²) in [5, 5.41) is 11.1. The van der Waals surface area contributed by atoms with Gasteiger partial charge in [0.25, 0.3) is 10.2 Å². The van der Waals surface area contributed by atoms with Gasteiger partial charge in [-0.3, -0.25) is 4.79 Å². The summed E-state index contributed by atoms with van der Waals surface area (Å²) < 4.78 is 27.4. The van der Waals surface area contributed by atoms with Crippen LogP contribution in [0.25, 0.3) is 0 Å². The van der Waals surface area contributed by atoms with E-state index in [4.69, 9.17) is 0 Å². The minimum atomic E-state index is -3.74. The Morgan fingerprint density at radius 1 is 1.55 bits per heavy atom. The van der Waals surface area contributed by atoms with Crippen molar-refractivity contribution in [3.63, 3.8) is 0 Å². The van der Waals surface area contributed by atoms with Crippen LogP contribution in [0.3, 0.4) is 0 Å². The van der Waals surface area contributed by atoms with Gasteiger partial charge in [-0.2, -0.15) is 17.0 Å². The fraction of sp³-hybridized carbons (Fsp3) is 0.583. The van der Waals surface area contributed by atoms with E-state index in [-0.39, 0.29) is 13.1 Å². The van der Waals surface area contributed by atoms with Gasteiger partial charge in [-0.1, -0.05) is 6.07 Å². The maximum absolute atomic E-state index is 12.5. The molecule has 2 rings (SSSR count). The molecule has 1 aliphatic rings. The maximum Gasteiger partial charge on any atom is 0.322 e. The average molecular weight is 318 g/mol. The number of carboxylic acid groups (broad SMARTS) is 1. The molecule has 1 unspecified atom stereocenters. The lowest BCUT2D eigenvalue weighted by atomic mass is 10.1. The molecule has 0 saturated carbocycles. The summed E-state index contributed by atoms with van der Waals surface area (Å²) in [5.74, 6) is -1.07. The monoisotopic (exact) mass is 318 g/mol. The molecule has 1 saturated heterocycles. The fourth-order valence-electron chi connectivity index (χ4n) is 2.31. The third kappa shape index (κ3) is 3.20. The summed E-state index contributed by atoms with van der Waals surface area (Å²) >= 11 is 1.48. The first-order chi connectivity index (χ1) is 9.43. The van der Waals surface area contributed by atoms with Gasteiger partial charge in [0, 0.05) is 25.0 Å². The molecule has 6 nitrogen and oxygen atoms in total. The lowest BCUT2D eigenvalue weighted by molar-refractivity contribution is -0.142. The Kier molecular flexibility index (Phi) is 4.79. The summed E-state index contributed by atoms with van der Waals surface area (Å²) in [5.41, 5.74) is 0. The lowest BCUT2D eigenvalue weighted by Crippen LogP contribution is -2.52. The second-order valence-corrected chi connectivity index (χ2v) is 7.82. The number of hydrogen-bond donors (Lipinski definition) is 1. The van der Waals surface area contributed by atoms with Gasteiger partial charge in [-0.25, -0.2) is 0 Å². The molecule has 112 valence electrons. The van der Waals surface area contributed by atoms with Crippen LogP contribution in [0.4, 0.5) is 0 Å². The number of carbonyl (C=O) groups is 1. The predicted molar refractivity (Wildman–Crippen MR) is 76.7 cm³/mol. The van der Waals surface area contributed by atoms with E-state index in [1.54, 1.807) is 0 Å². The zero-order chi connectivity index (χ0) is 14.8. The number of thiophene rings is 1. The Hall–Kier alpha value is -0.960. The van der Waals surface area contributed by atoms with E-state index < -0.39 is 22.2 Å². The van der Waals surface area contributed by atoms with Crippen molar-refractivity contribution in [1.82, 2.24) is 8.61 Å². The normalized spacial score (nSPS) is 21.2. The Bertz CT molecular complexity index is 556. The molecule has 1 atom stereocenters. The van der Waals surface area contributed by atoms with E-state index in [0.717, 1.165) is 15.6 Å². The fourth-order valence-corrected chi connectivity index (χ4v) is 4.69. The standard InChI is InChI=1S/C12H18N2O4S2/c1-13(9-10-5-4-8-19-10)20(17,18)14-7-3-2-6-11(14)12(15)16/h4-5,8,11H,2-3,6-7,9H2,1H3,(H,15,16). The molecular weight excluding hydrogens is 300 g/mol. The van der Waals surface area contributed by atoms with Crippen LogP contribution in [-0.2, 0) is 21.5 Å². The first-order valence-electron chi connectivity index (χ1n) is 6.41. The van der Waals surface area contributed by atoms with Gasteiger partial charge in [-0.15, -0.1) is 11.3 Å². The van der Waals surface area contributed by atoms with Gasteiger partial charge in [0.05, 0.1) is 0 Å². The van der Waals surface area contributed by atoms with Crippen LogP contribution in [0.5, 0.6) is 0 Å². The molecule has 0 amide bonds. The SMILES string of the molecule is CN(Cc1cccs1)S(=O)(=O)N1CCCCC1C(=O)O. The van der Waals surface area contributed by atoms with Crippen molar-refractivity contribution in [2.75, 3.05) is 13.6 Å². The van der Waals surface area contributed by atoms with Gasteiger partial charge in [0.1, 0.15) is 6.04 Å². The van der Waals surface area contributed by atoms with Crippen molar-refractivity contribution in [3.8, 4) is 0 Å². The Morgan fingerprint density at radius 3 is 2.90 bits per heavy atom. The van der Waals surface area contributed by atoms with Gasteiger partial charge < -0.3 is 5.11 Å². The van der Waals surface area contributed by atoms with E-state index in [1.165, 1.54) is 22.7 Å². The molecule has 20 heavy (non-hydrogen) atoms. The van der Waals surface area contributed by atoms with Crippen molar-refractivity contribution in [2.45, 2.75) is 31.8 Å². The smallest absolute Gasteiger partial charge is 0.322 e. The second kappa shape index (κ2) is 6.21. The van der Waals surface area contributed by atoms with Crippen molar-refractivity contribution in [1.29, 1.82) is 0 Å². The molecule has 1 aromatic rings. The molecule has 8 heteroatoms. The third-order valence-corrected chi connectivity index (χ3v) is 6.20. The van der Waals surface area contributed by atoms with Crippen LogP contribution in [0.2, 0.25) is 0 Å². The number of hydrogen-bond acceptors (Lipinski definition) is 4. The van der Waals surface area contributed by atoms with Crippen molar-refractivity contribution in [3.05, 3.63) is 22.4 Å². The summed E-state index contributed by atoms with van der Waals surface area (Å²) in [6.07, 6.45) is 1.83. The number of rotatable bonds is 5. The molecule has 2 heterocycles. The van der Waals surface area contributed by atoms with Crippen molar-refractivity contribution < 1.29 is 18.3 Å². The largest absolute Gasteiger partial charge is 0.480 e. The quantitative estimate of drug-likeness (QED) is 0.889. The minimum absolute atomic E-state index is 0.267. The Labute approximate surface area is 122 Å². The highest BCUT2D eigenvalue weighted by molar-refractivity contribution is 7.86. The summed E-state index contributed by atoms with van der Waals surface area (Å²) in [4.78, 5) is 12.2. The zero-order valence-electron chi connectivity index (χ0n) is 11.2. The molecule has 0 bridgehead atoms. The Balaban J connectivity index is 2.17. The zero-order valence-corrected chi connectivity index (χ0v) is 12.9. The number of carboxylic acids is 1. The van der Waals surface area contributed by atoms with Crippen LogP contribution in [0, 0.1) is 0 Å². The molecule has 1 aromatic heterocycles. The van der Waals surface area contributed by atoms with Crippen molar-refractivity contribution >= 4 is 27.5 Å². The summed E-state index contributed by atoms with van der Waals surface area (Å²) in [6.45, 7) is 0.539. The third-order valence-electron chi connectivity index (χ3n) is 3.39. The molecular formula is C12H18N2O4S2. The van der Waals surface area contributed by atoms with Crippen LogP contribution in [-0.4, -0.2) is 47.7 Å². The maximum atomic E-state index is 12.5. The number of nitrogens with zero attached hydrogens (tertiary/aromatic N) is 2. The molecule has 1 N–H and O–H groups in total. The van der Waals surface area contributed by atoms with Gasteiger partial charge in [-0.05, 0) is 30.7 Å². The highest BCUT2D eigenvalue weighted by Gasteiger charge is 2.38. The average Bonchev–Trinajstić information content (AvgIpc) is 2.91. The van der Waals surface area contributed by atoms with Gasteiger partial charge >= 0.3 is 5.97 Å². The first kappa shape index (κ1) is 15.4. The molecule has 0 spiro atoms.